The number of ether oxygens (including phenoxy) is 1. The maximum Gasteiger partial charge on any atom is 0.305 e. The number of hydrogen-bond donors (Lipinski definition) is 3. The molecule has 0 aliphatic rings. The first-order valence-corrected chi connectivity index (χ1v) is 29.1. The lowest BCUT2D eigenvalue weighted by molar-refractivity contribution is -0.143. The lowest BCUT2D eigenvalue weighted by Crippen LogP contribution is -2.45. The van der Waals surface area contributed by atoms with Crippen molar-refractivity contribution in [3.8, 4) is 0 Å². The van der Waals surface area contributed by atoms with Gasteiger partial charge >= 0.3 is 5.97 Å². The minimum Gasteiger partial charge on any atom is -0.466 e. The number of unbranched alkanes of at least 4 members (excludes halogenated alkanes) is 39. The first-order chi connectivity index (χ1) is 32.0. The molecule has 0 aliphatic heterocycles. The topological polar surface area (TPSA) is 95.9 Å². The lowest BCUT2D eigenvalue weighted by Gasteiger charge is -2.22. The second-order valence-electron chi connectivity index (χ2n) is 20.0. The van der Waals surface area contributed by atoms with Crippen LogP contribution in [0.15, 0.2) is 24.3 Å². The summed E-state index contributed by atoms with van der Waals surface area (Å²) in [6.07, 6.45) is 65.9. The predicted molar refractivity (Wildman–Crippen MR) is 283 cm³/mol. The Morgan fingerprint density at radius 3 is 1.09 bits per heavy atom. The molecular weight excluding hydrogens is 803 g/mol. The molecule has 0 bridgehead atoms. The summed E-state index contributed by atoms with van der Waals surface area (Å²) in [5.74, 6) is -0.0617. The van der Waals surface area contributed by atoms with Crippen LogP contribution in [0, 0.1) is 0 Å². The highest BCUT2D eigenvalue weighted by atomic mass is 16.5. The molecule has 0 aromatic heterocycles. The van der Waals surface area contributed by atoms with E-state index in [2.05, 4.69) is 43.5 Å². The number of carbonyl (C=O) groups is 2. The zero-order valence-electron chi connectivity index (χ0n) is 43.7. The fraction of sp³-hybridized carbons (Fsp3) is 0.898. The molecule has 6 nitrogen and oxygen atoms in total. The van der Waals surface area contributed by atoms with E-state index >= 15 is 0 Å². The number of aliphatic hydroxyl groups excluding tert-OH is 2. The average molecular weight is 917 g/mol. The lowest BCUT2D eigenvalue weighted by atomic mass is 10.0. The van der Waals surface area contributed by atoms with E-state index in [0.717, 1.165) is 70.6 Å². The van der Waals surface area contributed by atoms with Gasteiger partial charge in [0.05, 0.1) is 25.4 Å². The first kappa shape index (κ1) is 63.3. The Morgan fingerprint density at radius 1 is 0.415 bits per heavy atom. The Kier molecular flexibility index (Phi) is 53.5. The van der Waals surface area contributed by atoms with E-state index in [1.54, 1.807) is 0 Å². The van der Waals surface area contributed by atoms with Gasteiger partial charge in [0.1, 0.15) is 0 Å². The van der Waals surface area contributed by atoms with E-state index in [0.29, 0.717) is 25.9 Å². The van der Waals surface area contributed by atoms with Crippen molar-refractivity contribution in [1.29, 1.82) is 0 Å². The molecule has 0 rings (SSSR count). The van der Waals surface area contributed by atoms with Crippen molar-refractivity contribution in [2.75, 3.05) is 13.2 Å². The number of carbonyl (C=O) groups excluding carboxylic acids is 2. The second kappa shape index (κ2) is 54.9. The molecule has 1 amide bonds. The molecule has 0 saturated carbocycles. The zero-order chi connectivity index (χ0) is 47.2. The fourth-order valence-corrected chi connectivity index (χ4v) is 8.98. The van der Waals surface area contributed by atoms with Gasteiger partial charge in [0, 0.05) is 12.8 Å². The van der Waals surface area contributed by atoms with Gasteiger partial charge in [-0.1, -0.05) is 250 Å². The molecule has 2 atom stereocenters. The van der Waals surface area contributed by atoms with Crippen LogP contribution in [0.2, 0.25) is 0 Å². The summed E-state index contributed by atoms with van der Waals surface area (Å²) in [5, 5.41) is 23.3. The Labute approximate surface area is 405 Å². The van der Waals surface area contributed by atoms with Crippen LogP contribution in [0.25, 0.3) is 0 Å². The highest BCUT2D eigenvalue weighted by Gasteiger charge is 2.20. The summed E-state index contributed by atoms with van der Waals surface area (Å²) >= 11 is 0. The Balaban J connectivity index is 3.46. The van der Waals surface area contributed by atoms with Gasteiger partial charge in [-0.15, -0.1) is 0 Å². The van der Waals surface area contributed by atoms with E-state index in [9.17, 15) is 19.8 Å². The van der Waals surface area contributed by atoms with Gasteiger partial charge in [-0.3, -0.25) is 9.59 Å². The normalized spacial score (nSPS) is 12.7. The van der Waals surface area contributed by atoms with Crippen LogP contribution >= 0.6 is 0 Å². The molecule has 0 aromatic rings. The van der Waals surface area contributed by atoms with Gasteiger partial charge in [-0.2, -0.15) is 0 Å². The quantitative estimate of drug-likeness (QED) is 0.0321. The molecule has 0 saturated heterocycles. The molecule has 0 aliphatic carbocycles. The third kappa shape index (κ3) is 51.6. The summed E-state index contributed by atoms with van der Waals surface area (Å²) in [6, 6.07) is -0.553. The van der Waals surface area contributed by atoms with E-state index in [4.69, 9.17) is 4.74 Å². The summed E-state index contributed by atoms with van der Waals surface area (Å²) in [4.78, 5) is 24.5. The number of rotatable bonds is 54. The van der Waals surface area contributed by atoms with Gasteiger partial charge in [0.15, 0.2) is 0 Å². The summed E-state index contributed by atoms with van der Waals surface area (Å²) in [6.45, 7) is 4.93. The fourth-order valence-electron chi connectivity index (χ4n) is 8.98. The third-order valence-corrected chi connectivity index (χ3v) is 13.5. The van der Waals surface area contributed by atoms with Gasteiger partial charge < -0.3 is 20.3 Å². The molecule has 0 heterocycles. The number of hydrogen-bond acceptors (Lipinski definition) is 5. The summed E-state index contributed by atoms with van der Waals surface area (Å²) in [5.41, 5.74) is 0. The third-order valence-electron chi connectivity index (χ3n) is 13.5. The van der Waals surface area contributed by atoms with Crippen molar-refractivity contribution in [3.63, 3.8) is 0 Å². The smallest absolute Gasteiger partial charge is 0.305 e. The second-order valence-corrected chi connectivity index (χ2v) is 20.0. The molecule has 0 spiro atoms. The molecule has 384 valence electrons. The molecule has 0 fully saturated rings. The van der Waals surface area contributed by atoms with E-state index in [-0.39, 0.29) is 18.5 Å². The van der Waals surface area contributed by atoms with Gasteiger partial charge in [0.25, 0.3) is 0 Å². The number of esters is 1. The molecular formula is C59H113NO5. The minimum atomic E-state index is -0.674. The van der Waals surface area contributed by atoms with Gasteiger partial charge in [0.2, 0.25) is 5.91 Å². The maximum absolute atomic E-state index is 12.5. The van der Waals surface area contributed by atoms with Crippen LogP contribution in [0.1, 0.15) is 316 Å². The van der Waals surface area contributed by atoms with Crippen molar-refractivity contribution < 1.29 is 24.5 Å². The van der Waals surface area contributed by atoms with Crippen LogP contribution in [0.3, 0.4) is 0 Å². The van der Waals surface area contributed by atoms with Crippen LogP contribution < -0.4 is 5.32 Å². The summed E-state index contributed by atoms with van der Waals surface area (Å²) in [7, 11) is 0. The number of aliphatic hydroxyl groups is 2. The van der Waals surface area contributed by atoms with E-state index in [1.165, 1.54) is 212 Å². The van der Waals surface area contributed by atoms with E-state index < -0.39 is 12.1 Å². The molecule has 65 heavy (non-hydrogen) atoms. The zero-order valence-corrected chi connectivity index (χ0v) is 43.7. The maximum atomic E-state index is 12.5. The molecule has 6 heteroatoms. The standard InChI is InChI=1S/C59H113NO5/c1-3-5-7-9-11-13-15-17-19-20-21-25-29-33-37-41-45-49-53-59(64)65-54-50-46-42-38-34-30-26-22-24-28-32-36-40-44-48-52-58(63)60-56(55-61)57(62)51-47-43-39-35-31-27-23-18-16-14-12-10-8-6-4-2/h19-20,26,30,56-57,61-62H,3-18,21-25,27-29,31-55H2,1-2H3,(H,60,63)/b20-19-,30-26-. The van der Waals surface area contributed by atoms with Crippen molar-refractivity contribution in [2.45, 2.75) is 328 Å². The Bertz CT molecular complexity index is 1010. The molecule has 2 unspecified atom stereocenters. The average Bonchev–Trinajstić information content (AvgIpc) is 3.31. The summed E-state index contributed by atoms with van der Waals surface area (Å²) < 4.78 is 5.47. The van der Waals surface area contributed by atoms with Gasteiger partial charge in [-0.05, 0) is 77.0 Å². The highest BCUT2D eigenvalue weighted by Crippen LogP contribution is 2.17. The van der Waals surface area contributed by atoms with Crippen molar-refractivity contribution >= 4 is 11.9 Å². The Morgan fingerprint density at radius 2 is 0.723 bits per heavy atom. The van der Waals surface area contributed by atoms with E-state index in [1.807, 2.05) is 0 Å². The number of amides is 1. The van der Waals surface area contributed by atoms with Crippen LogP contribution in [0.5, 0.6) is 0 Å². The first-order valence-electron chi connectivity index (χ1n) is 29.1. The van der Waals surface area contributed by atoms with Crippen LogP contribution in [0.4, 0.5) is 0 Å². The van der Waals surface area contributed by atoms with Crippen LogP contribution in [-0.2, 0) is 14.3 Å². The van der Waals surface area contributed by atoms with Crippen molar-refractivity contribution in [1.82, 2.24) is 5.32 Å². The minimum absolute atomic E-state index is 0.0126. The molecule has 3 N–H and O–H groups in total. The SMILES string of the molecule is CCCCCCCCC/C=C\CCCCCCCCCC(=O)OCCCCCC/C=C\CCCCCCCCCC(=O)NC(CO)C(O)CCCCCCCCCCCCCCCCC. The van der Waals surface area contributed by atoms with Crippen molar-refractivity contribution in [2.24, 2.45) is 0 Å². The predicted octanol–water partition coefficient (Wildman–Crippen LogP) is 17.9. The number of nitrogens with one attached hydrogen (secondary N) is 1. The number of allylic oxidation sites excluding steroid dienone is 4. The van der Waals surface area contributed by atoms with Crippen LogP contribution in [-0.4, -0.2) is 47.4 Å². The highest BCUT2D eigenvalue weighted by molar-refractivity contribution is 5.76. The molecule has 0 radical (unpaired) electrons. The monoisotopic (exact) mass is 916 g/mol. The molecule has 0 aromatic carbocycles. The van der Waals surface area contributed by atoms with Crippen molar-refractivity contribution in [3.05, 3.63) is 24.3 Å². The Hall–Kier alpha value is -1.66. The van der Waals surface area contributed by atoms with Gasteiger partial charge in [-0.25, -0.2) is 0 Å². The largest absolute Gasteiger partial charge is 0.466 e.